The number of carbonyl (C=O) groups excluding carboxylic acids is 1. The van der Waals surface area contributed by atoms with Crippen LogP contribution in [0.1, 0.15) is 44.2 Å². The minimum atomic E-state index is -0.0379. The zero-order valence-electron chi connectivity index (χ0n) is 19.6. The molecule has 1 aliphatic rings. The number of methoxy groups -OCH3 is 1. The fraction of sp³-hybridized carbons (Fsp3) is 0.500. The highest BCUT2D eigenvalue weighted by atomic mass is 35.5. The molecule has 176 valence electrons. The van der Waals surface area contributed by atoms with Crippen molar-refractivity contribution in [1.29, 1.82) is 0 Å². The number of amides is 1. The lowest BCUT2D eigenvalue weighted by atomic mass is 9.74. The normalized spacial score (nSPS) is 15.6. The molecule has 32 heavy (non-hydrogen) atoms. The number of piperidine rings is 1. The molecule has 0 aromatic heterocycles. The first-order chi connectivity index (χ1) is 15.0. The first-order valence-corrected chi connectivity index (χ1v) is 11.3. The second-order valence-corrected chi connectivity index (χ2v) is 8.64. The fourth-order valence-corrected chi connectivity index (χ4v) is 4.33. The van der Waals surface area contributed by atoms with Crippen molar-refractivity contribution >= 4 is 24.0 Å². The van der Waals surface area contributed by atoms with Crippen LogP contribution in [0.25, 0.3) is 0 Å². The summed E-state index contributed by atoms with van der Waals surface area (Å²) in [7, 11) is 1.71. The minimum absolute atomic E-state index is 0. The van der Waals surface area contributed by atoms with Gasteiger partial charge in [-0.15, -0.1) is 12.4 Å². The maximum atomic E-state index is 11.2. The molecule has 2 aromatic rings. The number of nitrogens with zero attached hydrogens (tertiary/aromatic N) is 1. The largest absolute Gasteiger partial charge is 0.497 e. The van der Waals surface area contributed by atoms with E-state index in [-0.39, 0.29) is 23.7 Å². The van der Waals surface area contributed by atoms with Crippen molar-refractivity contribution in [3.8, 4) is 5.75 Å². The van der Waals surface area contributed by atoms with E-state index in [0.717, 1.165) is 70.0 Å². The van der Waals surface area contributed by atoms with E-state index in [1.165, 1.54) is 18.1 Å². The van der Waals surface area contributed by atoms with Crippen molar-refractivity contribution in [3.05, 3.63) is 59.7 Å². The first kappa shape index (κ1) is 26.2. The summed E-state index contributed by atoms with van der Waals surface area (Å²) in [6, 6.07) is 16.6. The van der Waals surface area contributed by atoms with Gasteiger partial charge in [-0.3, -0.25) is 9.69 Å². The molecule has 1 N–H and O–H groups in total. The molecular weight excluding hydrogens is 424 g/mol. The van der Waals surface area contributed by atoms with Crippen LogP contribution in [0.5, 0.6) is 5.75 Å². The molecule has 0 bridgehead atoms. The van der Waals surface area contributed by atoms with Crippen LogP contribution < -0.4 is 10.1 Å². The summed E-state index contributed by atoms with van der Waals surface area (Å²) in [6.45, 7) is 8.35. The zero-order valence-corrected chi connectivity index (χ0v) is 20.4. The zero-order chi connectivity index (χ0) is 22.1. The molecule has 0 atom stereocenters. The lowest BCUT2D eigenvalue weighted by molar-refractivity contribution is -0.114. The molecule has 6 heteroatoms. The van der Waals surface area contributed by atoms with Gasteiger partial charge in [0.05, 0.1) is 13.7 Å². The van der Waals surface area contributed by atoms with E-state index in [2.05, 4.69) is 41.4 Å². The van der Waals surface area contributed by atoms with E-state index >= 15 is 0 Å². The standard InChI is InChI=1S/C26H36N2O3.ClH/c1-4-31-20-26(14-13-22-7-11-25(30-3)12-8-22)15-17-28(18-16-26)19-23-5-9-24(10-6-23)27-21(2)29;/h5-12H,4,13-20H2,1-3H3,(H,27,29);1H. The third-order valence-electron chi connectivity index (χ3n) is 6.31. The van der Waals surface area contributed by atoms with Crippen molar-refractivity contribution in [2.75, 3.05) is 38.7 Å². The Balaban J connectivity index is 0.00000363. The Morgan fingerprint density at radius 2 is 1.66 bits per heavy atom. The molecule has 0 unspecified atom stereocenters. The average molecular weight is 461 g/mol. The molecule has 1 saturated heterocycles. The third kappa shape index (κ3) is 7.80. The lowest BCUT2D eigenvalue weighted by Crippen LogP contribution is -2.42. The summed E-state index contributed by atoms with van der Waals surface area (Å²) < 4.78 is 11.2. The Morgan fingerprint density at radius 3 is 2.22 bits per heavy atom. The van der Waals surface area contributed by atoms with Gasteiger partial charge < -0.3 is 14.8 Å². The van der Waals surface area contributed by atoms with Crippen LogP contribution in [0.4, 0.5) is 5.69 Å². The summed E-state index contributed by atoms with van der Waals surface area (Å²) >= 11 is 0. The number of anilines is 1. The maximum absolute atomic E-state index is 11.2. The number of nitrogens with one attached hydrogen (secondary N) is 1. The van der Waals surface area contributed by atoms with Crippen LogP contribution in [-0.2, 0) is 22.5 Å². The van der Waals surface area contributed by atoms with Gasteiger partial charge in [0.1, 0.15) is 5.75 Å². The van der Waals surface area contributed by atoms with Crippen LogP contribution in [0, 0.1) is 5.41 Å². The van der Waals surface area contributed by atoms with Gasteiger partial charge in [-0.2, -0.15) is 0 Å². The smallest absolute Gasteiger partial charge is 0.221 e. The first-order valence-electron chi connectivity index (χ1n) is 11.3. The molecule has 0 aliphatic carbocycles. The van der Waals surface area contributed by atoms with Gasteiger partial charge >= 0.3 is 0 Å². The van der Waals surface area contributed by atoms with E-state index in [4.69, 9.17) is 9.47 Å². The highest BCUT2D eigenvalue weighted by Gasteiger charge is 2.34. The molecule has 0 saturated carbocycles. The van der Waals surface area contributed by atoms with Gasteiger partial charge in [0.15, 0.2) is 0 Å². The number of halogens is 1. The van der Waals surface area contributed by atoms with Crippen molar-refractivity contribution in [2.24, 2.45) is 5.41 Å². The Kier molecular flexibility index (Phi) is 10.5. The fourth-order valence-electron chi connectivity index (χ4n) is 4.33. The van der Waals surface area contributed by atoms with Gasteiger partial charge in [0, 0.05) is 25.8 Å². The molecule has 1 fully saturated rings. The van der Waals surface area contributed by atoms with E-state index in [0.29, 0.717) is 0 Å². The van der Waals surface area contributed by atoms with Crippen molar-refractivity contribution in [2.45, 2.75) is 46.1 Å². The van der Waals surface area contributed by atoms with Gasteiger partial charge in [0.25, 0.3) is 0 Å². The highest BCUT2D eigenvalue weighted by Crippen LogP contribution is 2.37. The average Bonchev–Trinajstić information content (AvgIpc) is 2.79. The number of hydrogen-bond donors (Lipinski definition) is 1. The molecule has 1 aliphatic heterocycles. The topological polar surface area (TPSA) is 50.8 Å². The Labute approximate surface area is 198 Å². The maximum Gasteiger partial charge on any atom is 0.221 e. The van der Waals surface area contributed by atoms with Crippen LogP contribution in [0.3, 0.4) is 0 Å². The van der Waals surface area contributed by atoms with Crippen LogP contribution in [0.2, 0.25) is 0 Å². The molecule has 5 nitrogen and oxygen atoms in total. The predicted molar refractivity (Wildman–Crippen MR) is 133 cm³/mol. The van der Waals surface area contributed by atoms with Crippen LogP contribution in [0.15, 0.2) is 48.5 Å². The molecule has 0 spiro atoms. The quantitative estimate of drug-likeness (QED) is 0.520. The summed E-state index contributed by atoms with van der Waals surface area (Å²) in [4.78, 5) is 13.7. The summed E-state index contributed by atoms with van der Waals surface area (Å²) in [5.41, 5.74) is 3.74. The van der Waals surface area contributed by atoms with E-state index in [9.17, 15) is 4.79 Å². The number of hydrogen-bond acceptors (Lipinski definition) is 4. The number of aryl methyl sites for hydroxylation is 1. The second-order valence-electron chi connectivity index (χ2n) is 8.64. The highest BCUT2D eigenvalue weighted by molar-refractivity contribution is 5.88. The van der Waals surface area contributed by atoms with Gasteiger partial charge in [-0.05, 0) is 86.5 Å². The molecular formula is C26H37ClN2O3. The number of likely N-dealkylation sites (tertiary alicyclic amines) is 1. The number of benzene rings is 2. The summed E-state index contributed by atoms with van der Waals surface area (Å²) in [5, 5.41) is 2.83. The lowest BCUT2D eigenvalue weighted by Gasteiger charge is -2.42. The monoisotopic (exact) mass is 460 g/mol. The van der Waals surface area contributed by atoms with Crippen LogP contribution >= 0.6 is 12.4 Å². The molecule has 1 amide bonds. The Hall–Kier alpha value is -2.08. The van der Waals surface area contributed by atoms with E-state index in [1.54, 1.807) is 7.11 Å². The SMILES string of the molecule is CCOCC1(CCc2ccc(OC)cc2)CCN(Cc2ccc(NC(C)=O)cc2)CC1.Cl. The minimum Gasteiger partial charge on any atom is -0.497 e. The molecule has 0 radical (unpaired) electrons. The predicted octanol–water partition coefficient (Wildman–Crippen LogP) is 5.33. The van der Waals surface area contributed by atoms with Crippen molar-refractivity contribution in [1.82, 2.24) is 4.90 Å². The number of ether oxygens (including phenoxy) is 2. The number of carbonyl (C=O) groups is 1. The molecule has 1 heterocycles. The van der Waals surface area contributed by atoms with Gasteiger partial charge in [0.2, 0.25) is 5.91 Å². The summed E-state index contributed by atoms with van der Waals surface area (Å²) in [5.74, 6) is 0.871. The number of rotatable bonds is 10. The third-order valence-corrected chi connectivity index (χ3v) is 6.31. The summed E-state index contributed by atoms with van der Waals surface area (Å²) in [6.07, 6.45) is 4.54. The van der Waals surface area contributed by atoms with Crippen molar-refractivity contribution < 1.29 is 14.3 Å². The van der Waals surface area contributed by atoms with E-state index < -0.39 is 0 Å². The Morgan fingerprint density at radius 1 is 1.03 bits per heavy atom. The van der Waals surface area contributed by atoms with E-state index in [1.807, 2.05) is 24.3 Å². The molecule has 2 aromatic carbocycles. The molecule has 3 rings (SSSR count). The Bertz CT molecular complexity index is 816. The van der Waals surface area contributed by atoms with Gasteiger partial charge in [-0.25, -0.2) is 0 Å². The van der Waals surface area contributed by atoms with Gasteiger partial charge in [-0.1, -0.05) is 24.3 Å². The second kappa shape index (κ2) is 12.8. The van der Waals surface area contributed by atoms with Crippen LogP contribution in [-0.4, -0.2) is 44.2 Å². The van der Waals surface area contributed by atoms with Crippen molar-refractivity contribution in [3.63, 3.8) is 0 Å².